The van der Waals surface area contributed by atoms with Crippen molar-refractivity contribution in [1.29, 1.82) is 5.26 Å². The highest BCUT2D eigenvalue weighted by Crippen LogP contribution is 2.39. The van der Waals surface area contributed by atoms with E-state index in [1.807, 2.05) is 31.4 Å². The molecule has 3 aromatic rings. The number of amides is 4. The molecule has 0 radical (unpaired) electrons. The van der Waals surface area contributed by atoms with Gasteiger partial charge in [0.2, 0.25) is 0 Å². The Morgan fingerprint density at radius 3 is 2.57 bits per heavy atom. The molecular weight excluding hydrogens is 488 g/mol. The van der Waals surface area contributed by atoms with Gasteiger partial charge in [0.05, 0.1) is 18.0 Å². The number of rotatable bonds is 5. The van der Waals surface area contributed by atoms with Gasteiger partial charge in [-0.05, 0) is 94.0 Å². The maximum atomic E-state index is 13.4. The number of imide groups is 2. The van der Waals surface area contributed by atoms with E-state index in [-0.39, 0.29) is 5.57 Å². The molecule has 1 aliphatic carbocycles. The lowest BCUT2D eigenvalue weighted by molar-refractivity contribution is -0.122. The summed E-state index contributed by atoms with van der Waals surface area (Å²) in [6, 6.07) is 10.00. The molecule has 2 aromatic heterocycles. The maximum absolute atomic E-state index is 13.4. The van der Waals surface area contributed by atoms with Crippen LogP contribution in [0.15, 0.2) is 35.9 Å². The van der Waals surface area contributed by atoms with Crippen molar-refractivity contribution in [3.05, 3.63) is 68.2 Å². The van der Waals surface area contributed by atoms with Crippen LogP contribution in [0.4, 0.5) is 10.5 Å². The number of nitriles is 1. The Kier molecular flexibility index (Phi) is 6.44. The van der Waals surface area contributed by atoms with Gasteiger partial charge in [-0.3, -0.25) is 14.9 Å². The molecule has 3 heterocycles. The zero-order valence-electron chi connectivity index (χ0n) is 20.9. The number of nitrogens with one attached hydrogen (secondary N) is 1. The van der Waals surface area contributed by atoms with Crippen molar-refractivity contribution < 1.29 is 19.1 Å². The third kappa shape index (κ3) is 4.23. The van der Waals surface area contributed by atoms with E-state index in [2.05, 4.69) is 11.4 Å². The van der Waals surface area contributed by atoms with E-state index in [9.17, 15) is 19.6 Å². The summed E-state index contributed by atoms with van der Waals surface area (Å²) in [5.74, 6) is -0.830. The lowest BCUT2D eigenvalue weighted by Gasteiger charge is -2.26. The molecule has 5 rings (SSSR count). The number of aryl methyl sites for hydroxylation is 2. The molecule has 1 aliphatic heterocycles. The minimum absolute atomic E-state index is 0.137. The first-order valence-electron chi connectivity index (χ1n) is 12.2. The first kappa shape index (κ1) is 24.5. The summed E-state index contributed by atoms with van der Waals surface area (Å²) in [5.41, 5.74) is 4.71. The fraction of sp³-hybridized carbons (Fsp3) is 0.286. The highest BCUT2D eigenvalue weighted by atomic mass is 32.1. The molecule has 1 fully saturated rings. The van der Waals surface area contributed by atoms with Crippen LogP contribution in [0, 0.1) is 25.2 Å². The van der Waals surface area contributed by atoms with Gasteiger partial charge in [0.1, 0.15) is 22.3 Å². The number of aromatic nitrogens is 1. The average Bonchev–Trinajstić information content (AvgIpc) is 3.38. The van der Waals surface area contributed by atoms with Crippen LogP contribution in [0.2, 0.25) is 0 Å². The standard InChI is InChI=1S/C28H26N4O4S/c1-4-36-20-11-9-19(10-12-20)32-27(34)22(26(33)30-28(32)35)14-18-13-16(2)31(17(18)3)25-21-7-5-6-8-23(21)37-24(25)15-29/h9-14H,4-8H2,1-3H3,(H,30,33,35)/b22-14+. The van der Waals surface area contributed by atoms with Gasteiger partial charge < -0.3 is 9.30 Å². The molecule has 1 N–H and O–H groups in total. The van der Waals surface area contributed by atoms with E-state index in [1.54, 1.807) is 35.6 Å². The predicted molar refractivity (Wildman–Crippen MR) is 141 cm³/mol. The smallest absolute Gasteiger partial charge is 0.335 e. The summed E-state index contributed by atoms with van der Waals surface area (Å²) >= 11 is 1.55. The Hall–Kier alpha value is -4.16. The van der Waals surface area contributed by atoms with Crippen molar-refractivity contribution in [2.24, 2.45) is 0 Å². The van der Waals surface area contributed by atoms with E-state index in [4.69, 9.17) is 4.74 Å². The molecule has 0 spiro atoms. The molecule has 188 valence electrons. The van der Waals surface area contributed by atoms with E-state index in [1.165, 1.54) is 16.5 Å². The van der Waals surface area contributed by atoms with Gasteiger partial charge in [0.25, 0.3) is 11.8 Å². The first-order valence-corrected chi connectivity index (χ1v) is 13.0. The molecule has 4 amide bonds. The number of nitrogens with zero attached hydrogens (tertiary/aromatic N) is 3. The molecule has 37 heavy (non-hydrogen) atoms. The van der Waals surface area contributed by atoms with E-state index < -0.39 is 17.8 Å². The summed E-state index contributed by atoms with van der Waals surface area (Å²) in [7, 11) is 0. The predicted octanol–water partition coefficient (Wildman–Crippen LogP) is 4.97. The first-order chi connectivity index (χ1) is 17.8. The van der Waals surface area contributed by atoms with E-state index in [0.717, 1.165) is 47.7 Å². The third-order valence-corrected chi connectivity index (χ3v) is 7.93. The van der Waals surface area contributed by atoms with Crippen LogP contribution in [-0.4, -0.2) is 29.0 Å². The summed E-state index contributed by atoms with van der Waals surface area (Å²) < 4.78 is 7.48. The van der Waals surface area contributed by atoms with Crippen LogP contribution in [0.5, 0.6) is 5.75 Å². The lowest BCUT2D eigenvalue weighted by Crippen LogP contribution is -2.54. The van der Waals surface area contributed by atoms with Crippen molar-refractivity contribution in [2.75, 3.05) is 11.5 Å². The zero-order chi connectivity index (χ0) is 26.3. The largest absolute Gasteiger partial charge is 0.494 e. The summed E-state index contributed by atoms with van der Waals surface area (Å²) in [5, 5.41) is 12.1. The number of hydrogen-bond acceptors (Lipinski definition) is 6. The molecule has 1 aromatic carbocycles. The summed E-state index contributed by atoms with van der Waals surface area (Å²) in [6.45, 7) is 6.21. The number of carbonyl (C=O) groups is 3. The Labute approximate surface area is 218 Å². The van der Waals surface area contributed by atoms with Crippen molar-refractivity contribution >= 4 is 40.9 Å². The second kappa shape index (κ2) is 9.71. The van der Waals surface area contributed by atoms with Crippen LogP contribution in [0.1, 0.15) is 52.0 Å². The van der Waals surface area contributed by atoms with Gasteiger partial charge in [0.15, 0.2) is 0 Å². The molecule has 0 atom stereocenters. The number of ether oxygens (including phenoxy) is 1. The quantitative estimate of drug-likeness (QED) is 0.382. The third-order valence-electron chi connectivity index (χ3n) is 6.75. The minimum Gasteiger partial charge on any atom is -0.494 e. The van der Waals surface area contributed by atoms with Crippen LogP contribution in [0.25, 0.3) is 11.8 Å². The molecule has 8 nitrogen and oxygen atoms in total. The van der Waals surface area contributed by atoms with Gasteiger partial charge in [-0.2, -0.15) is 5.26 Å². The molecule has 9 heteroatoms. The molecule has 0 unspecified atom stereocenters. The number of anilines is 1. The highest BCUT2D eigenvalue weighted by molar-refractivity contribution is 7.13. The Bertz CT molecular complexity index is 1500. The topological polar surface area (TPSA) is 104 Å². The molecule has 0 bridgehead atoms. The van der Waals surface area contributed by atoms with Crippen LogP contribution >= 0.6 is 11.3 Å². The second-order valence-corrected chi connectivity index (χ2v) is 10.2. The van der Waals surface area contributed by atoms with Gasteiger partial charge in [-0.1, -0.05) is 0 Å². The zero-order valence-corrected chi connectivity index (χ0v) is 21.7. The molecule has 2 aliphatic rings. The van der Waals surface area contributed by atoms with Crippen molar-refractivity contribution in [3.63, 3.8) is 0 Å². The van der Waals surface area contributed by atoms with E-state index >= 15 is 0 Å². The van der Waals surface area contributed by atoms with Crippen molar-refractivity contribution in [2.45, 2.75) is 46.5 Å². The van der Waals surface area contributed by atoms with Gasteiger partial charge in [-0.15, -0.1) is 11.3 Å². The fourth-order valence-corrected chi connectivity index (χ4v) is 6.22. The number of thiophene rings is 1. The van der Waals surface area contributed by atoms with Gasteiger partial charge in [-0.25, -0.2) is 9.69 Å². The maximum Gasteiger partial charge on any atom is 0.335 e. The van der Waals surface area contributed by atoms with E-state index in [0.29, 0.717) is 28.5 Å². The highest BCUT2D eigenvalue weighted by Gasteiger charge is 2.37. The van der Waals surface area contributed by atoms with Crippen molar-refractivity contribution in [3.8, 4) is 17.5 Å². The van der Waals surface area contributed by atoms with Crippen LogP contribution in [0.3, 0.4) is 0 Å². The van der Waals surface area contributed by atoms with Crippen LogP contribution < -0.4 is 15.0 Å². The number of fused-ring (bicyclic) bond motifs is 1. The SMILES string of the molecule is CCOc1ccc(N2C(=O)NC(=O)/C(=C\c3cc(C)n(-c4c(C#N)sc5c4CCCC5)c3C)C2=O)cc1. The monoisotopic (exact) mass is 514 g/mol. The van der Waals surface area contributed by atoms with Gasteiger partial charge in [0, 0.05) is 16.3 Å². The van der Waals surface area contributed by atoms with Crippen LogP contribution in [-0.2, 0) is 22.4 Å². The Balaban J connectivity index is 1.55. The molecule has 0 saturated carbocycles. The second-order valence-electron chi connectivity index (χ2n) is 9.05. The molecular formula is C28H26N4O4S. The average molecular weight is 515 g/mol. The van der Waals surface area contributed by atoms with Crippen molar-refractivity contribution in [1.82, 2.24) is 9.88 Å². The number of barbiturate groups is 1. The summed E-state index contributed by atoms with van der Waals surface area (Å²) in [4.78, 5) is 41.6. The lowest BCUT2D eigenvalue weighted by atomic mass is 9.97. The Morgan fingerprint density at radius 1 is 1.14 bits per heavy atom. The molecule has 1 saturated heterocycles. The minimum atomic E-state index is -0.801. The number of carbonyl (C=O) groups excluding carboxylic acids is 3. The Morgan fingerprint density at radius 2 is 1.86 bits per heavy atom. The van der Waals surface area contributed by atoms with Gasteiger partial charge >= 0.3 is 6.03 Å². The number of benzene rings is 1. The summed E-state index contributed by atoms with van der Waals surface area (Å²) in [6.07, 6.45) is 5.64. The number of urea groups is 1. The fourth-order valence-electron chi connectivity index (χ4n) is 5.04. The number of hydrogen-bond donors (Lipinski definition) is 1. The normalized spacial score (nSPS) is 16.5.